The first-order chi connectivity index (χ1) is 12.6. The van der Waals surface area contributed by atoms with Gasteiger partial charge in [-0.05, 0) is 32.0 Å². The summed E-state index contributed by atoms with van der Waals surface area (Å²) < 4.78 is 6.81. The molecule has 0 saturated carbocycles. The van der Waals surface area contributed by atoms with E-state index in [1.54, 1.807) is 34.8 Å². The average Bonchev–Trinajstić information content (AvgIpc) is 2.60. The van der Waals surface area contributed by atoms with E-state index >= 15 is 0 Å². The summed E-state index contributed by atoms with van der Waals surface area (Å²) in [6, 6.07) is 4.67. The van der Waals surface area contributed by atoms with Crippen molar-refractivity contribution in [2.24, 2.45) is 5.41 Å². The number of amides is 1. The summed E-state index contributed by atoms with van der Waals surface area (Å²) in [4.78, 5) is 32.4. The van der Waals surface area contributed by atoms with E-state index in [1.807, 2.05) is 34.6 Å². The van der Waals surface area contributed by atoms with Gasteiger partial charge in [-0.2, -0.15) is 0 Å². The minimum Gasteiger partial charge on any atom is -0.383 e. The molecule has 0 N–H and O–H groups in total. The van der Waals surface area contributed by atoms with Crippen LogP contribution in [0.4, 0.5) is 0 Å². The molecular weight excluding hydrogens is 366 g/mol. The lowest BCUT2D eigenvalue weighted by atomic mass is 9.94. The van der Waals surface area contributed by atoms with Crippen molar-refractivity contribution in [2.45, 2.75) is 47.2 Å². The second-order valence-corrected chi connectivity index (χ2v) is 8.03. The van der Waals surface area contributed by atoms with E-state index in [1.165, 1.54) is 0 Å². The Morgan fingerprint density at radius 2 is 2.04 bits per heavy atom. The highest BCUT2D eigenvalue weighted by atomic mass is 35.5. The first-order valence-electron chi connectivity index (χ1n) is 9.11. The van der Waals surface area contributed by atoms with Crippen molar-refractivity contribution in [3.63, 3.8) is 0 Å². The van der Waals surface area contributed by atoms with Crippen molar-refractivity contribution < 1.29 is 9.53 Å². The summed E-state index contributed by atoms with van der Waals surface area (Å²) in [6.45, 7) is 10.7. The Hall–Kier alpha value is -1.92. The van der Waals surface area contributed by atoms with Crippen LogP contribution in [0.2, 0.25) is 5.02 Å². The van der Waals surface area contributed by atoms with E-state index in [9.17, 15) is 9.59 Å². The van der Waals surface area contributed by atoms with Crippen LogP contribution in [-0.4, -0.2) is 40.6 Å². The molecule has 0 radical (unpaired) electrons. The highest BCUT2D eigenvalue weighted by Gasteiger charge is 2.32. The van der Waals surface area contributed by atoms with Gasteiger partial charge in [0.2, 0.25) is 5.91 Å². The summed E-state index contributed by atoms with van der Waals surface area (Å²) in [5.41, 5.74) is -0.149. The number of carbonyl (C=O) groups is 1. The Labute approximate surface area is 165 Å². The van der Waals surface area contributed by atoms with Gasteiger partial charge in [0.25, 0.3) is 5.56 Å². The maximum Gasteiger partial charge on any atom is 0.261 e. The topological polar surface area (TPSA) is 64.4 Å². The number of rotatable bonds is 6. The number of nitrogens with zero attached hydrogens (tertiary/aromatic N) is 3. The molecule has 2 aromatic rings. The van der Waals surface area contributed by atoms with Gasteiger partial charge < -0.3 is 9.64 Å². The van der Waals surface area contributed by atoms with E-state index in [2.05, 4.69) is 0 Å². The van der Waals surface area contributed by atoms with Crippen LogP contribution in [0.3, 0.4) is 0 Å². The minimum absolute atomic E-state index is 0.0184. The third-order valence-corrected chi connectivity index (χ3v) is 4.78. The fraction of sp³-hybridized carbons (Fsp3) is 0.550. The number of aromatic nitrogens is 2. The van der Waals surface area contributed by atoms with Gasteiger partial charge >= 0.3 is 0 Å². The highest BCUT2D eigenvalue weighted by Crippen LogP contribution is 2.26. The maximum absolute atomic E-state index is 13.0. The van der Waals surface area contributed by atoms with E-state index < -0.39 is 5.41 Å². The van der Waals surface area contributed by atoms with Crippen LogP contribution in [-0.2, 0) is 16.1 Å². The molecule has 2 rings (SSSR count). The number of halogens is 1. The zero-order valence-corrected chi connectivity index (χ0v) is 17.6. The van der Waals surface area contributed by atoms with Crippen LogP contribution in [0, 0.1) is 5.41 Å². The molecule has 1 aromatic carbocycles. The quantitative estimate of drug-likeness (QED) is 0.751. The summed E-state index contributed by atoms with van der Waals surface area (Å²) in [7, 11) is 1.60. The summed E-state index contributed by atoms with van der Waals surface area (Å²) in [6.07, 6.45) is 0. The summed E-state index contributed by atoms with van der Waals surface area (Å²) in [5, 5.41) is 1.03. The van der Waals surface area contributed by atoms with Crippen molar-refractivity contribution in [3.8, 4) is 0 Å². The Bertz CT molecular complexity index is 886. The molecule has 1 aromatic heterocycles. The van der Waals surface area contributed by atoms with E-state index in [0.29, 0.717) is 41.4 Å². The van der Waals surface area contributed by atoms with Gasteiger partial charge in [0.05, 0.1) is 23.6 Å². The third-order valence-electron chi connectivity index (χ3n) is 4.54. The average molecular weight is 394 g/mol. The zero-order chi connectivity index (χ0) is 20.4. The van der Waals surface area contributed by atoms with Crippen LogP contribution in [0.15, 0.2) is 23.0 Å². The normalized spacial score (nSPS) is 13.0. The second kappa shape index (κ2) is 8.40. The predicted molar refractivity (Wildman–Crippen MR) is 108 cm³/mol. The van der Waals surface area contributed by atoms with Gasteiger partial charge in [0.15, 0.2) is 0 Å². The molecule has 0 saturated heterocycles. The van der Waals surface area contributed by atoms with Crippen molar-refractivity contribution in [2.75, 3.05) is 20.3 Å². The monoisotopic (exact) mass is 393 g/mol. The van der Waals surface area contributed by atoms with Crippen LogP contribution in [0.5, 0.6) is 0 Å². The summed E-state index contributed by atoms with van der Waals surface area (Å²) in [5.74, 6) is 0.529. The number of hydrogen-bond acceptors (Lipinski definition) is 4. The molecule has 148 valence electrons. The van der Waals surface area contributed by atoms with Gasteiger partial charge in [0, 0.05) is 30.6 Å². The number of hydrogen-bond donors (Lipinski definition) is 0. The Kier molecular flexibility index (Phi) is 6.65. The number of methoxy groups -OCH3 is 1. The van der Waals surface area contributed by atoms with Gasteiger partial charge in [-0.25, -0.2) is 4.98 Å². The fourth-order valence-electron chi connectivity index (χ4n) is 3.07. The fourth-order valence-corrected chi connectivity index (χ4v) is 3.23. The number of carbonyl (C=O) groups excluding carboxylic acids is 1. The lowest BCUT2D eigenvalue weighted by molar-refractivity contribution is -0.142. The number of benzene rings is 1. The highest BCUT2D eigenvalue weighted by molar-refractivity contribution is 6.31. The first kappa shape index (κ1) is 21.4. The van der Waals surface area contributed by atoms with Crippen molar-refractivity contribution in [3.05, 3.63) is 39.4 Å². The molecule has 7 heteroatoms. The van der Waals surface area contributed by atoms with E-state index in [-0.39, 0.29) is 17.5 Å². The zero-order valence-electron chi connectivity index (χ0n) is 16.9. The molecule has 6 nitrogen and oxygen atoms in total. The van der Waals surface area contributed by atoms with Crippen LogP contribution < -0.4 is 5.56 Å². The van der Waals surface area contributed by atoms with Gasteiger partial charge in [-0.3, -0.25) is 14.2 Å². The molecule has 1 atom stereocenters. The Morgan fingerprint density at radius 3 is 2.59 bits per heavy atom. The van der Waals surface area contributed by atoms with E-state index in [0.717, 1.165) is 0 Å². The lowest BCUT2D eigenvalue weighted by Gasteiger charge is -2.34. The SMILES string of the molecule is CCn1c(C(C)N(CCOC)C(=O)C(C)(C)C)nc2cc(Cl)ccc2c1=O. The van der Waals surface area contributed by atoms with Crippen LogP contribution >= 0.6 is 11.6 Å². The van der Waals surface area contributed by atoms with E-state index in [4.69, 9.17) is 21.3 Å². The number of fused-ring (bicyclic) bond motifs is 1. The van der Waals surface area contributed by atoms with Crippen LogP contribution in [0.1, 0.15) is 46.5 Å². The first-order valence-corrected chi connectivity index (χ1v) is 9.49. The Morgan fingerprint density at radius 1 is 1.37 bits per heavy atom. The molecule has 1 unspecified atom stereocenters. The maximum atomic E-state index is 13.0. The van der Waals surface area contributed by atoms with Crippen molar-refractivity contribution in [1.29, 1.82) is 0 Å². The predicted octanol–water partition coefficient (Wildman–Crippen LogP) is 3.65. The third kappa shape index (κ3) is 4.50. The molecule has 0 aliphatic carbocycles. The van der Waals surface area contributed by atoms with Crippen molar-refractivity contribution in [1.82, 2.24) is 14.5 Å². The summed E-state index contributed by atoms with van der Waals surface area (Å²) >= 11 is 6.09. The van der Waals surface area contributed by atoms with Gasteiger partial charge in [-0.1, -0.05) is 32.4 Å². The minimum atomic E-state index is -0.556. The molecular formula is C20H28ClN3O3. The standard InChI is InChI=1S/C20H28ClN3O3/c1-7-23-17(22-16-12-14(21)8-9-15(16)18(23)25)13(2)24(10-11-27-6)19(26)20(3,4)5/h8-9,12-13H,7,10-11H2,1-6H3. The largest absolute Gasteiger partial charge is 0.383 e. The molecule has 0 spiro atoms. The second-order valence-electron chi connectivity index (χ2n) is 7.60. The van der Waals surface area contributed by atoms with Crippen LogP contribution in [0.25, 0.3) is 10.9 Å². The smallest absolute Gasteiger partial charge is 0.261 e. The van der Waals surface area contributed by atoms with Gasteiger partial charge in [-0.15, -0.1) is 0 Å². The molecule has 0 fully saturated rings. The molecule has 27 heavy (non-hydrogen) atoms. The van der Waals surface area contributed by atoms with Crippen molar-refractivity contribution >= 4 is 28.4 Å². The Balaban J connectivity index is 2.63. The molecule has 0 aliphatic heterocycles. The molecule has 0 bridgehead atoms. The lowest BCUT2D eigenvalue weighted by Crippen LogP contribution is -2.44. The van der Waals surface area contributed by atoms with Gasteiger partial charge in [0.1, 0.15) is 5.82 Å². The number of ether oxygens (including phenoxy) is 1. The molecule has 1 heterocycles. The molecule has 0 aliphatic rings. The molecule has 1 amide bonds.